The van der Waals surface area contributed by atoms with E-state index in [-0.39, 0.29) is 33.1 Å². The summed E-state index contributed by atoms with van der Waals surface area (Å²) < 4.78 is 28.2. The molecule has 0 saturated heterocycles. The van der Waals surface area contributed by atoms with E-state index in [1.807, 2.05) is 25.1 Å². The van der Waals surface area contributed by atoms with Crippen molar-refractivity contribution in [1.82, 2.24) is 4.90 Å². The van der Waals surface area contributed by atoms with Gasteiger partial charge in [0.1, 0.15) is 6.54 Å². The lowest BCUT2D eigenvalue weighted by Gasteiger charge is -2.32. The van der Waals surface area contributed by atoms with E-state index in [9.17, 15) is 13.2 Å². The average Bonchev–Trinajstić information content (AvgIpc) is 2.79. The molecule has 1 aliphatic rings. The molecule has 1 amide bonds. The summed E-state index contributed by atoms with van der Waals surface area (Å²) in [6.07, 6.45) is 0.727. The van der Waals surface area contributed by atoms with Gasteiger partial charge in [0, 0.05) is 13.1 Å². The van der Waals surface area contributed by atoms with Crippen molar-refractivity contribution in [2.24, 2.45) is 0 Å². The number of anilines is 1. The van der Waals surface area contributed by atoms with Crippen molar-refractivity contribution in [3.05, 3.63) is 93.5 Å². The molecule has 166 valence electrons. The number of sulfonamides is 1. The maximum Gasteiger partial charge on any atom is 0.264 e. The minimum absolute atomic E-state index is 0.0796. The monoisotopic (exact) mass is 488 g/mol. The van der Waals surface area contributed by atoms with Gasteiger partial charge in [0.05, 0.1) is 20.6 Å². The molecule has 3 aromatic carbocycles. The molecule has 0 bridgehead atoms. The third kappa shape index (κ3) is 4.49. The highest BCUT2D eigenvalue weighted by molar-refractivity contribution is 7.92. The number of aryl methyl sites for hydroxylation is 1. The van der Waals surface area contributed by atoms with Crippen LogP contribution in [-0.2, 0) is 27.8 Å². The van der Waals surface area contributed by atoms with Crippen LogP contribution in [0, 0.1) is 6.92 Å². The van der Waals surface area contributed by atoms with Gasteiger partial charge in [0.2, 0.25) is 5.91 Å². The summed E-state index contributed by atoms with van der Waals surface area (Å²) in [6, 6.07) is 19.2. The van der Waals surface area contributed by atoms with Gasteiger partial charge in [0.15, 0.2) is 0 Å². The van der Waals surface area contributed by atoms with E-state index >= 15 is 0 Å². The first kappa shape index (κ1) is 22.6. The van der Waals surface area contributed by atoms with Crippen molar-refractivity contribution in [2.45, 2.75) is 24.8 Å². The number of rotatable bonds is 5. The van der Waals surface area contributed by atoms with E-state index in [1.54, 1.807) is 35.2 Å². The Morgan fingerprint density at radius 3 is 2.38 bits per heavy atom. The minimum Gasteiger partial charge on any atom is -0.336 e. The van der Waals surface area contributed by atoms with E-state index in [2.05, 4.69) is 6.07 Å². The van der Waals surface area contributed by atoms with Crippen LogP contribution in [0.25, 0.3) is 0 Å². The Kier molecular flexibility index (Phi) is 6.47. The van der Waals surface area contributed by atoms with Crippen LogP contribution in [-0.4, -0.2) is 32.3 Å². The molecule has 1 aliphatic heterocycles. The molecule has 0 unspecified atom stereocenters. The van der Waals surface area contributed by atoms with Crippen LogP contribution in [0.1, 0.15) is 16.7 Å². The van der Waals surface area contributed by atoms with Crippen LogP contribution in [0.5, 0.6) is 0 Å². The largest absolute Gasteiger partial charge is 0.336 e. The van der Waals surface area contributed by atoms with Gasteiger partial charge in [-0.25, -0.2) is 8.42 Å². The second-order valence-corrected chi connectivity index (χ2v) is 10.4. The van der Waals surface area contributed by atoms with Gasteiger partial charge in [-0.05, 0) is 48.7 Å². The molecule has 1 heterocycles. The number of carbonyl (C=O) groups is 1. The summed E-state index contributed by atoms with van der Waals surface area (Å²) >= 11 is 12.5. The molecule has 8 heteroatoms. The molecule has 0 aliphatic carbocycles. The van der Waals surface area contributed by atoms with Crippen molar-refractivity contribution >= 4 is 44.8 Å². The van der Waals surface area contributed by atoms with Crippen molar-refractivity contribution in [3.63, 3.8) is 0 Å². The lowest BCUT2D eigenvalue weighted by atomic mass is 10.00. The van der Waals surface area contributed by atoms with Crippen LogP contribution in [0.15, 0.2) is 71.6 Å². The van der Waals surface area contributed by atoms with Gasteiger partial charge in [-0.15, -0.1) is 0 Å². The Morgan fingerprint density at radius 1 is 0.969 bits per heavy atom. The predicted octanol–water partition coefficient (Wildman–Crippen LogP) is 5.08. The molecule has 0 atom stereocenters. The molecule has 0 fully saturated rings. The second-order valence-electron chi connectivity index (χ2n) is 7.73. The Bertz CT molecular complexity index is 1260. The molecule has 4 rings (SSSR count). The lowest BCUT2D eigenvalue weighted by Crippen LogP contribution is -2.44. The lowest BCUT2D eigenvalue weighted by molar-refractivity contribution is -0.130. The number of hydrogen-bond donors (Lipinski definition) is 0. The zero-order chi connectivity index (χ0) is 22.9. The number of carbonyl (C=O) groups excluding carboxylic acids is 1. The first-order chi connectivity index (χ1) is 15.3. The third-order valence-corrected chi connectivity index (χ3v) is 8.15. The van der Waals surface area contributed by atoms with E-state index in [1.165, 1.54) is 17.7 Å². The molecule has 0 aromatic heterocycles. The average molecular weight is 489 g/mol. The number of hydrogen-bond acceptors (Lipinski definition) is 3. The maximum absolute atomic E-state index is 13.6. The molecule has 0 saturated carbocycles. The van der Waals surface area contributed by atoms with Gasteiger partial charge < -0.3 is 4.90 Å². The van der Waals surface area contributed by atoms with Gasteiger partial charge in [0.25, 0.3) is 10.0 Å². The number of nitrogens with zero attached hydrogens (tertiary/aromatic N) is 2. The number of halogens is 2. The van der Waals surface area contributed by atoms with E-state index in [0.717, 1.165) is 21.9 Å². The van der Waals surface area contributed by atoms with Crippen LogP contribution in [0.2, 0.25) is 10.0 Å². The van der Waals surface area contributed by atoms with Crippen LogP contribution < -0.4 is 4.31 Å². The molecule has 5 nitrogen and oxygen atoms in total. The van der Waals surface area contributed by atoms with Crippen LogP contribution in [0.4, 0.5) is 5.69 Å². The molecule has 0 spiro atoms. The van der Waals surface area contributed by atoms with Gasteiger partial charge in [-0.1, -0.05) is 71.2 Å². The molecular weight excluding hydrogens is 467 g/mol. The summed E-state index contributed by atoms with van der Waals surface area (Å²) in [5.41, 5.74) is 3.38. The topological polar surface area (TPSA) is 57.7 Å². The Labute approximate surface area is 198 Å². The van der Waals surface area contributed by atoms with Gasteiger partial charge >= 0.3 is 0 Å². The fraction of sp³-hybridized carbons (Fsp3) is 0.208. The smallest absolute Gasteiger partial charge is 0.264 e. The van der Waals surface area contributed by atoms with E-state index in [4.69, 9.17) is 23.2 Å². The van der Waals surface area contributed by atoms with Crippen molar-refractivity contribution in [2.75, 3.05) is 17.4 Å². The van der Waals surface area contributed by atoms with Crippen molar-refractivity contribution in [3.8, 4) is 0 Å². The fourth-order valence-electron chi connectivity index (χ4n) is 3.75. The minimum atomic E-state index is -4.06. The highest BCUT2D eigenvalue weighted by atomic mass is 35.5. The summed E-state index contributed by atoms with van der Waals surface area (Å²) in [7, 11) is -4.06. The standard InChI is InChI=1S/C24H22Cl2N2O3S/c1-17-9-11-20(12-10-17)32(30,31)28(22-8-4-7-21(25)24(22)26)16-23(29)27-14-13-18-5-2-3-6-19(18)15-27/h2-12H,13-16H2,1H3. The molecule has 3 aromatic rings. The predicted molar refractivity (Wildman–Crippen MR) is 128 cm³/mol. The zero-order valence-electron chi connectivity index (χ0n) is 17.5. The fourth-order valence-corrected chi connectivity index (χ4v) is 5.63. The van der Waals surface area contributed by atoms with E-state index in [0.29, 0.717) is 13.1 Å². The first-order valence-electron chi connectivity index (χ1n) is 10.2. The highest BCUT2D eigenvalue weighted by Crippen LogP contribution is 2.35. The van der Waals surface area contributed by atoms with Crippen molar-refractivity contribution < 1.29 is 13.2 Å². The molecule has 0 N–H and O–H groups in total. The van der Waals surface area contributed by atoms with Crippen LogP contribution in [0.3, 0.4) is 0 Å². The first-order valence-corrected chi connectivity index (χ1v) is 12.3. The second kappa shape index (κ2) is 9.14. The summed E-state index contributed by atoms with van der Waals surface area (Å²) in [6.45, 7) is 2.46. The zero-order valence-corrected chi connectivity index (χ0v) is 19.8. The molecule has 32 heavy (non-hydrogen) atoms. The number of amides is 1. The normalized spacial score (nSPS) is 13.5. The van der Waals surface area contributed by atoms with Gasteiger partial charge in [-0.3, -0.25) is 9.10 Å². The van der Waals surface area contributed by atoms with Gasteiger partial charge in [-0.2, -0.15) is 0 Å². The highest BCUT2D eigenvalue weighted by Gasteiger charge is 2.31. The van der Waals surface area contributed by atoms with Crippen molar-refractivity contribution in [1.29, 1.82) is 0 Å². The number of benzene rings is 3. The Balaban J connectivity index is 1.69. The maximum atomic E-state index is 13.6. The van der Waals surface area contributed by atoms with E-state index < -0.39 is 10.0 Å². The Hall–Kier alpha value is -2.54. The van der Waals surface area contributed by atoms with Crippen LogP contribution >= 0.6 is 23.2 Å². The Morgan fingerprint density at radius 2 is 1.66 bits per heavy atom. The summed E-state index contributed by atoms with van der Waals surface area (Å²) in [5.74, 6) is -0.300. The molecular formula is C24H22Cl2N2O3S. The summed E-state index contributed by atoms with van der Waals surface area (Å²) in [5, 5.41) is 0.300. The summed E-state index contributed by atoms with van der Waals surface area (Å²) in [4.78, 5) is 15.0. The number of fused-ring (bicyclic) bond motifs is 1. The third-order valence-electron chi connectivity index (χ3n) is 5.57. The quantitative estimate of drug-likeness (QED) is 0.502. The SMILES string of the molecule is Cc1ccc(S(=O)(=O)N(CC(=O)N2CCc3ccccc3C2)c2cccc(Cl)c2Cl)cc1. The molecule has 0 radical (unpaired) electrons.